The lowest BCUT2D eigenvalue weighted by Crippen LogP contribution is -2.06. The van der Waals surface area contributed by atoms with Gasteiger partial charge >= 0.3 is 0 Å². The Morgan fingerprint density at radius 3 is 2.72 bits per heavy atom. The Labute approximate surface area is 109 Å². The molecule has 1 heterocycles. The van der Waals surface area contributed by atoms with Crippen LogP contribution in [0.1, 0.15) is 22.5 Å². The second-order valence-corrected chi connectivity index (χ2v) is 4.41. The maximum Gasteiger partial charge on any atom is 0.146 e. The Bertz CT molecular complexity index is 640. The van der Waals surface area contributed by atoms with E-state index >= 15 is 0 Å². The molecule has 18 heavy (non-hydrogen) atoms. The smallest absolute Gasteiger partial charge is 0.146 e. The lowest BCUT2D eigenvalue weighted by Gasteiger charge is -2.06. The Balaban J connectivity index is 2.41. The van der Waals surface area contributed by atoms with Crippen molar-refractivity contribution in [1.29, 1.82) is 5.26 Å². The highest BCUT2D eigenvalue weighted by Crippen LogP contribution is 2.21. The van der Waals surface area contributed by atoms with E-state index in [0.29, 0.717) is 16.3 Å². The van der Waals surface area contributed by atoms with Crippen LogP contribution in [-0.4, -0.2) is 9.78 Å². The van der Waals surface area contributed by atoms with Crippen LogP contribution in [0, 0.1) is 31.0 Å². The van der Waals surface area contributed by atoms with Gasteiger partial charge in [-0.05, 0) is 19.9 Å². The van der Waals surface area contributed by atoms with Gasteiger partial charge in [0, 0.05) is 5.56 Å². The quantitative estimate of drug-likeness (QED) is 0.835. The molecule has 5 heteroatoms. The standard InChI is InChI=1S/C13H11ClFN3/c1-8-12(14)9(2)18(17-8)7-11-5-3-4-10(6-16)13(11)15/h3-5H,7H2,1-2H3. The summed E-state index contributed by atoms with van der Waals surface area (Å²) in [6.45, 7) is 3.89. The van der Waals surface area contributed by atoms with E-state index in [1.54, 1.807) is 23.7 Å². The molecule has 0 aliphatic rings. The average molecular weight is 264 g/mol. The van der Waals surface area contributed by atoms with Gasteiger partial charge in [-0.25, -0.2) is 4.39 Å². The zero-order valence-corrected chi connectivity index (χ0v) is 10.8. The summed E-state index contributed by atoms with van der Waals surface area (Å²) in [6, 6.07) is 6.57. The summed E-state index contributed by atoms with van der Waals surface area (Å²) in [5.41, 5.74) is 1.97. The molecular weight excluding hydrogens is 253 g/mol. The Morgan fingerprint density at radius 1 is 1.44 bits per heavy atom. The third kappa shape index (κ3) is 2.09. The van der Waals surface area contributed by atoms with Crippen LogP contribution in [0.5, 0.6) is 0 Å². The lowest BCUT2D eigenvalue weighted by molar-refractivity contribution is 0.576. The van der Waals surface area contributed by atoms with Gasteiger partial charge in [0.25, 0.3) is 0 Å². The predicted molar refractivity (Wildman–Crippen MR) is 66.9 cm³/mol. The first-order chi connectivity index (χ1) is 8.54. The van der Waals surface area contributed by atoms with Gasteiger partial charge in [0.2, 0.25) is 0 Å². The Morgan fingerprint density at radius 2 is 2.17 bits per heavy atom. The van der Waals surface area contributed by atoms with E-state index in [-0.39, 0.29) is 12.1 Å². The van der Waals surface area contributed by atoms with E-state index in [1.165, 1.54) is 6.07 Å². The van der Waals surface area contributed by atoms with E-state index in [0.717, 1.165) is 5.69 Å². The molecule has 0 bridgehead atoms. The van der Waals surface area contributed by atoms with E-state index < -0.39 is 5.82 Å². The second kappa shape index (κ2) is 4.79. The molecule has 1 aromatic heterocycles. The molecule has 0 aliphatic carbocycles. The van der Waals surface area contributed by atoms with Gasteiger partial charge in [-0.2, -0.15) is 10.4 Å². The van der Waals surface area contributed by atoms with Crippen LogP contribution in [0.3, 0.4) is 0 Å². The van der Waals surface area contributed by atoms with Crippen molar-refractivity contribution in [2.45, 2.75) is 20.4 Å². The largest absolute Gasteiger partial charge is 0.264 e. The second-order valence-electron chi connectivity index (χ2n) is 4.03. The number of aryl methyl sites for hydroxylation is 1. The fraction of sp³-hybridized carbons (Fsp3) is 0.231. The summed E-state index contributed by atoms with van der Waals surface area (Å²) in [5, 5.41) is 13.6. The number of halogens is 2. The normalized spacial score (nSPS) is 10.4. The van der Waals surface area contributed by atoms with Crippen molar-refractivity contribution in [3.63, 3.8) is 0 Å². The van der Waals surface area contributed by atoms with E-state index in [1.807, 2.05) is 13.0 Å². The Hall–Kier alpha value is -1.86. The monoisotopic (exact) mass is 263 g/mol. The van der Waals surface area contributed by atoms with Crippen LogP contribution in [0.15, 0.2) is 18.2 Å². The molecular formula is C13H11ClFN3. The molecule has 92 valence electrons. The van der Waals surface area contributed by atoms with E-state index in [2.05, 4.69) is 5.10 Å². The van der Waals surface area contributed by atoms with Gasteiger partial charge in [-0.1, -0.05) is 23.7 Å². The van der Waals surface area contributed by atoms with Crippen LogP contribution in [0.2, 0.25) is 5.02 Å². The first kappa shape index (κ1) is 12.6. The molecule has 3 nitrogen and oxygen atoms in total. The molecule has 0 saturated heterocycles. The molecule has 0 saturated carbocycles. The number of hydrogen-bond donors (Lipinski definition) is 0. The number of aromatic nitrogens is 2. The third-order valence-electron chi connectivity index (χ3n) is 2.81. The average Bonchev–Trinajstić information content (AvgIpc) is 2.60. The summed E-state index contributed by atoms with van der Waals surface area (Å²) in [4.78, 5) is 0. The summed E-state index contributed by atoms with van der Waals surface area (Å²) >= 11 is 6.03. The zero-order valence-electron chi connectivity index (χ0n) is 10.0. The summed E-state index contributed by atoms with van der Waals surface area (Å²) < 4.78 is 15.5. The van der Waals surface area contributed by atoms with Crippen molar-refractivity contribution >= 4 is 11.6 Å². The highest BCUT2D eigenvalue weighted by molar-refractivity contribution is 6.31. The summed E-state index contributed by atoms with van der Waals surface area (Å²) in [6.07, 6.45) is 0. The maximum atomic E-state index is 13.9. The lowest BCUT2D eigenvalue weighted by atomic mass is 10.1. The van der Waals surface area contributed by atoms with E-state index in [9.17, 15) is 4.39 Å². The van der Waals surface area contributed by atoms with Crippen molar-refractivity contribution < 1.29 is 4.39 Å². The van der Waals surface area contributed by atoms with Gasteiger partial charge in [0.15, 0.2) is 0 Å². The van der Waals surface area contributed by atoms with Crippen LogP contribution < -0.4 is 0 Å². The molecule has 0 N–H and O–H groups in total. The minimum atomic E-state index is -0.497. The minimum absolute atomic E-state index is 0.0418. The topological polar surface area (TPSA) is 41.6 Å². The molecule has 2 aromatic rings. The SMILES string of the molecule is Cc1nn(Cc2cccc(C#N)c2F)c(C)c1Cl. The fourth-order valence-corrected chi connectivity index (χ4v) is 1.91. The first-order valence-electron chi connectivity index (χ1n) is 5.41. The molecule has 0 fully saturated rings. The fourth-order valence-electron chi connectivity index (χ4n) is 1.78. The van der Waals surface area contributed by atoms with Crippen molar-refractivity contribution in [2.75, 3.05) is 0 Å². The highest BCUT2D eigenvalue weighted by Gasteiger charge is 2.12. The molecule has 0 spiro atoms. The molecule has 1 aromatic carbocycles. The van der Waals surface area contributed by atoms with Crippen LogP contribution >= 0.6 is 11.6 Å². The van der Waals surface area contributed by atoms with Gasteiger partial charge < -0.3 is 0 Å². The molecule has 2 rings (SSSR count). The number of rotatable bonds is 2. The summed E-state index contributed by atoms with van der Waals surface area (Å²) in [5.74, 6) is -0.497. The van der Waals surface area contributed by atoms with Crippen molar-refractivity contribution in [1.82, 2.24) is 9.78 Å². The van der Waals surface area contributed by atoms with Crippen molar-refractivity contribution in [3.05, 3.63) is 51.6 Å². The zero-order chi connectivity index (χ0) is 13.3. The predicted octanol–water partition coefficient (Wildman–Crippen LogP) is 3.21. The third-order valence-corrected chi connectivity index (χ3v) is 3.36. The summed E-state index contributed by atoms with van der Waals surface area (Å²) in [7, 11) is 0. The van der Waals surface area contributed by atoms with Gasteiger partial charge in [0.05, 0.1) is 28.5 Å². The first-order valence-corrected chi connectivity index (χ1v) is 5.79. The van der Waals surface area contributed by atoms with Gasteiger partial charge in [-0.15, -0.1) is 0 Å². The molecule has 0 amide bonds. The van der Waals surface area contributed by atoms with Crippen molar-refractivity contribution in [3.8, 4) is 6.07 Å². The van der Waals surface area contributed by atoms with Gasteiger partial charge in [0.1, 0.15) is 11.9 Å². The Kier molecular flexibility index (Phi) is 3.35. The molecule has 0 radical (unpaired) electrons. The number of hydrogen-bond acceptors (Lipinski definition) is 2. The van der Waals surface area contributed by atoms with Crippen molar-refractivity contribution in [2.24, 2.45) is 0 Å². The highest BCUT2D eigenvalue weighted by atomic mass is 35.5. The molecule has 0 atom stereocenters. The van der Waals surface area contributed by atoms with Crippen LogP contribution in [-0.2, 0) is 6.54 Å². The number of benzene rings is 1. The van der Waals surface area contributed by atoms with Crippen LogP contribution in [0.4, 0.5) is 4.39 Å². The van der Waals surface area contributed by atoms with Crippen LogP contribution in [0.25, 0.3) is 0 Å². The number of nitrogens with zero attached hydrogens (tertiary/aromatic N) is 3. The minimum Gasteiger partial charge on any atom is -0.264 e. The molecule has 0 aliphatic heterocycles. The maximum absolute atomic E-state index is 13.9. The molecule has 0 unspecified atom stereocenters. The van der Waals surface area contributed by atoms with E-state index in [4.69, 9.17) is 16.9 Å². The van der Waals surface area contributed by atoms with Gasteiger partial charge in [-0.3, -0.25) is 4.68 Å². The number of nitriles is 1.